The fourth-order valence-corrected chi connectivity index (χ4v) is 3.61. The number of rotatable bonds is 7. The quantitative estimate of drug-likeness (QED) is 0.674. The lowest BCUT2D eigenvalue weighted by Crippen LogP contribution is -2.46. The highest BCUT2D eigenvalue weighted by molar-refractivity contribution is 5.92. The minimum Gasteiger partial charge on any atom is -0.444 e. The molecular formula is C22H31N5O4. The number of nitrogens with zero attached hydrogens (tertiary/aromatic N) is 4. The first-order valence-electron chi connectivity index (χ1n) is 10.5. The average molecular weight is 430 g/mol. The lowest BCUT2D eigenvalue weighted by molar-refractivity contribution is -0.0346. The van der Waals surface area contributed by atoms with Crippen molar-refractivity contribution in [2.45, 2.75) is 57.3 Å². The van der Waals surface area contributed by atoms with Crippen molar-refractivity contribution in [3.05, 3.63) is 23.5 Å². The Balaban J connectivity index is 1.63. The third kappa shape index (κ3) is 5.64. The van der Waals surface area contributed by atoms with Crippen LogP contribution in [0.3, 0.4) is 0 Å². The largest absolute Gasteiger partial charge is 0.444 e. The maximum absolute atomic E-state index is 12.7. The first-order valence-corrected chi connectivity index (χ1v) is 10.5. The number of hydrogen-bond acceptors (Lipinski definition) is 6. The summed E-state index contributed by atoms with van der Waals surface area (Å²) in [5.41, 5.74) is 0.309. The highest BCUT2D eigenvalue weighted by Crippen LogP contribution is 2.36. The van der Waals surface area contributed by atoms with Crippen molar-refractivity contribution >= 4 is 12.0 Å². The lowest BCUT2D eigenvalue weighted by Gasteiger charge is -2.36. The zero-order valence-electron chi connectivity index (χ0n) is 18.7. The molecule has 9 heteroatoms. The minimum absolute atomic E-state index is 0.193. The second-order valence-electron chi connectivity index (χ2n) is 8.86. The minimum atomic E-state index is -0.586. The van der Waals surface area contributed by atoms with Crippen LogP contribution in [0.1, 0.15) is 62.3 Å². The standard InChI is InChI=1S/C22H31N5O4/c1-6-7-10-22(24-25-22)11-12-23-19(28)17-9-8-16(26(17)5)18-15-30-14-13-27(18)20(29)31-21(2,3)4/h1,8-9,18H,7,10-15H2,2-5H3,(H,23,28). The number of nitrogens with one attached hydrogen (secondary N) is 1. The number of carbonyl (C=O) groups excluding carboxylic acids is 2. The fourth-order valence-electron chi connectivity index (χ4n) is 3.61. The number of aromatic nitrogens is 1. The second-order valence-corrected chi connectivity index (χ2v) is 8.86. The van der Waals surface area contributed by atoms with Crippen molar-refractivity contribution in [3.63, 3.8) is 0 Å². The number of ether oxygens (including phenoxy) is 2. The van der Waals surface area contributed by atoms with Crippen molar-refractivity contribution in [2.75, 3.05) is 26.3 Å². The summed E-state index contributed by atoms with van der Waals surface area (Å²) in [7, 11) is 1.81. The molecule has 3 rings (SSSR count). The van der Waals surface area contributed by atoms with E-state index in [0.29, 0.717) is 51.3 Å². The highest BCUT2D eigenvalue weighted by atomic mass is 16.6. The van der Waals surface area contributed by atoms with Gasteiger partial charge in [-0.1, -0.05) is 0 Å². The summed E-state index contributed by atoms with van der Waals surface area (Å²) in [5, 5.41) is 11.1. The number of amides is 2. The third-order valence-corrected chi connectivity index (χ3v) is 5.35. The zero-order valence-corrected chi connectivity index (χ0v) is 18.7. The molecule has 1 fully saturated rings. The van der Waals surface area contributed by atoms with E-state index in [9.17, 15) is 9.59 Å². The predicted molar refractivity (Wildman–Crippen MR) is 115 cm³/mol. The monoisotopic (exact) mass is 429 g/mol. The molecule has 3 heterocycles. The molecule has 2 aliphatic heterocycles. The molecule has 1 N–H and O–H groups in total. The average Bonchev–Trinajstić information content (AvgIpc) is 3.37. The normalized spacial score (nSPS) is 19.6. The van der Waals surface area contributed by atoms with Crippen molar-refractivity contribution in [2.24, 2.45) is 17.3 Å². The van der Waals surface area contributed by atoms with Crippen LogP contribution in [-0.2, 0) is 16.5 Å². The Bertz CT molecular complexity index is 887. The van der Waals surface area contributed by atoms with Crippen LogP contribution >= 0.6 is 0 Å². The van der Waals surface area contributed by atoms with Gasteiger partial charge in [-0.2, -0.15) is 10.2 Å². The van der Waals surface area contributed by atoms with E-state index in [0.717, 1.165) is 5.69 Å². The van der Waals surface area contributed by atoms with Crippen molar-refractivity contribution in [3.8, 4) is 12.3 Å². The Morgan fingerprint density at radius 2 is 2.10 bits per heavy atom. The Morgan fingerprint density at radius 3 is 2.74 bits per heavy atom. The Morgan fingerprint density at radius 1 is 1.35 bits per heavy atom. The number of terminal acetylenes is 1. The van der Waals surface area contributed by atoms with E-state index in [1.807, 2.05) is 33.9 Å². The first-order chi connectivity index (χ1) is 14.7. The molecular weight excluding hydrogens is 398 g/mol. The summed E-state index contributed by atoms with van der Waals surface area (Å²) < 4.78 is 13.0. The van der Waals surface area contributed by atoms with E-state index < -0.39 is 11.3 Å². The summed E-state index contributed by atoms with van der Waals surface area (Å²) in [4.78, 5) is 27.1. The maximum atomic E-state index is 12.7. The molecule has 1 saturated heterocycles. The topological polar surface area (TPSA) is 97.5 Å². The SMILES string of the molecule is C#CCCC1(CCNC(=O)c2ccc(C3COCCN3C(=O)OC(C)(C)C)n2C)N=N1. The van der Waals surface area contributed by atoms with Gasteiger partial charge in [-0.25, -0.2) is 4.79 Å². The Kier molecular flexibility index (Phi) is 6.70. The molecule has 1 aromatic heterocycles. The van der Waals surface area contributed by atoms with Gasteiger partial charge in [0.1, 0.15) is 11.3 Å². The van der Waals surface area contributed by atoms with Gasteiger partial charge in [0.05, 0.1) is 19.3 Å². The van der Waals surface area contributed by atoms with E-state index >= 15 is 0 Å². The maximum Gasteiger partial charge on any atom is 0.411 e. The molecule has 2 amide bonds. The number of hydrogen-bond donors (Lipinski definition) is 1. The fraction of sp³-hybridized carbons (Fsp3) is 0.636. The summed E-state index contributed by atoms with van der Waals surface area (Å²) in [6, 6.07) is 3.28. The van der Waals surface area contributed by atoms with Crippen LogP contribution in [0.5, 0.6) is 0 Å². The Labute approximate surface area is 183 Å². The van der Waals surface area contributed by atoms with E-state index in [2.05, 4.69) is 21.5 Å². The number of morpholine rings is 1. The second kappa shape index (κ2) is 9.10. The molecule has 31 heavy (non-hydrogen) atoms. The van der Waals surface area contributed by atoms with Gasteiger partial charge in [-0.15, -0.1) is 12.3 Å². The molecule has 0 spiro atoms. The molecule has 1 unspecified atom stereocenters. The van der Waals surface area contributed by atoms with E-state index in [4.69, 9.17) is 15.9 Å². The van der Waals surface area contributed by atoms with Crippen molar-refractivity contribution in [1.82, 2.24) is 14.8 Å². The Hall–Kier alpha value is -2.86. The molecule has 0 aromatic carbocycles. The van der Waals surface area contributed by atoms with Gasteiger partial charge in [0.2, 0.25) is 0 Å². The smallest absolute Gasteiger partial charge is 0.411 e. The predicted octanol–water partition coefficient (Wildman–Crippen LogP) is 3.03. The summed E-state index contributed by atoms with van der Waals surface area (Å²) in [5.74, 6) is 2.40. The van der Waals surface area contributed by atoms with Gasteiger partial charge in [0, 0.05) is 45.1 Å². The molecule has 1 aromatic rings. The third-order valence-electron chi connectivity index (χ3n) is 5.35. The molecule has 0 bridgehead atoms. The summed E-state index contributed by atoms with van der Waals surface area (Å²) in [6.45, 7) is 7.19. The molecule has 0 radical (unpaired) electrons. The molecule has 1 atom stereocenters. The lowest BCUT2D eigenvalue weighted by atomic mass is 10.0. The highest BCUT2D eigenvalue weighted by Gasteiger charge is 2.39. The van der Waals surface area contributed by atoms with Crippen LogP contribution in [0.4, 0.5) is 4.79 Å². The van der Waals surface area contributed by atoms with E-state index in [1.54, 1.807) is 15.5 Å². The van der Waals surface area contributed by atoms with Crippen molar-refractivity contribution in [1.29, 1.82) is 0 Å². The van der Waals surface area contributed by atoms with Gasteiger partial charge >= 0.3 is 6.09 Å². The van der Waals surface area contributed by atoms with Crippen LogP contribution in [0.25, 0.3) is 0 Å². The molecule has 9 nitrogen and oxygen atoms in total. The van der Waals surface area contributed by atoms with Crippen LogP contribution < -0.4 is 5.32 Å². The van der Waals surface area contributed by atoms with E-state index in [1.165, 1.54) is 0 Å². The summed E-state index contributed by atoms with van der Waals surface area (Å²) in [6.07, 6.45) is 6.86. The zero-order chi connectivity index (χ0) is 22.6. The molecule has 0 saturated carbocycles. The van der Waals surface area contributed by atoms with E-state index in [-0.39, 0.29) is 18.0 Å². The van der Waals surface area contributed by atoms with Crippen molar-refractivity contribution < 1.29 is 19.1 Å². The van der Waals surface area contributed by atoms with Crippen LogP contribution in [0.15, 0.2) is 22.4 Å². The first kappa shape index (κ1) is 22.8. The molecule has 0 aliphatic carbocycles. The van der Waals surface area contributed by atoms with Crippen LogP contribution in [0, 0.1) is 12.3 Å². The molecule has 168 valence electrons. The van der Waals surface area contributed by atoms with Gasteiger partial charge in [-0.3, -0.25) is 9.69 Å². The van der Waals surface area contributed by atoms with Crippen LogP contribution in [0.2, 0.25) is 0 Å². The molecule has 2 aliphatic rings. The summed E-state index contributed by atoms with van der Waals surface area (Å²) >= 11 is 0. The number of carbonyl (C=O) groups is 2. The van der Waals surface area contributed by atoms with Gasteiger partial charge < -0.3 is 19.4 Å². The van der Waals surface area contributed by atoms with Gasteiger partial charge in [-0.05, 0) is 32.9 Å². The van der Waals surface area contributed by atoms with Gasteiger partial charge in [0.25, 0.3) is 5.91 Å². The van der Waals surface area contributed by atoms with Crippen LogP contribution in [-0.4, -0.2) is 59.0 Å². The van der Waals surface area contributed by atoms with Gasteiger partial charge in [0.15, 0.2) is 5.66 Å².